The van der Waals surface area contributed by atoms with Crippen molar-refractivity contribution >= 4 is 18.1 Å². The van der Waals surface area contributed by atoms with Crippen molar-refractivity contribution in [1.82, 2.24) is 9.80 Å². The molecule has 0 aromatic heterocycles. The van der Waals surface area contributed by atoms with Crippen LogP contribution < -0.4 is 0 Å². The molecule has 136 valence electrons. The first kappa shape index (κ1) is 18.7. The second-order valence-electron chi connectivity index (χ2n) is 6.29. The average molecular weight is 350 g/mol. The molecule has 2 unspecified atom stereocenters. The fourth-order valence-corrected chi connectivity index (χ4v) is 2.87. The summed E-state index contributed by atoms with van der Waals surface area (Å²) in [5.74, 6) is -0.542. The maximum Gasteiger partial charge on any atom is 0.415 e. The van der Waals surface area contributed by atoms with Crippen molar-refractivity contribution in [1.29, 1.82) is 0 Å². The molecule has 1 aromatic rings. The Labute approximate surface area is 145 Å². The van der Waals surface area contributed by atoms with E-state index < -0.39 is 36.2 Å². The van der Waals surface area contributed by atoms with Crippen LogP contribution in [0.2, 0.25) is 0 Å². The number of ether oxygens (including phenoxy) is 2. The van der Waals surface area contributed by atoms with Crippen molar-refractivity contribution < 1.29 is 29.0 Å². The maximum absolute atomic E-state index is 12.7. The SMILES string of the molecule is CC(=O)OC1OC(C)(C)N(C(=O)N(C)C(=O)O)C1Cc1ccccc1. The molecule has 1 aliphatic rings. The van der Waals surface area contributed by atoms with Gasteiger partial charge < -0.3 is 14.6 Å². The molecular weight excluding hydrogens is 328 g/mol. The van der Waals surface area contributed by atoms with E-state index in [1.807, 2.05) is 30.3 Å². The van der Waals surface area contributed by atoms with Crippen molar-refractivity contribution in [3.05, 3.63) is 35.9 Å². The predicted octanol–water partition coefficient (Wildman–Crippen LogP) is 2.29. The van der Waals surface area contributed by atoms with E-state index in [-0.39, 0.29) is 0 Å². The van der Waals surface area contributed by atoms with Crippen molar-refractivity contribution in [2.45, 2.75) is 45.2 Å². The van der Waals surface area contributed by atoms with Gasteiger partial charge >= 0.3 is 18.1 Å². The fourth-order valence-electron chi connectivity index (χ4n) is 2.87. The highest BCUT2D eigenvalue weighted by Gasteiger charge is 2.52. The number of esters is 1. The lowest BCUT2D eigenvalue weighted by Crippen LogP contribution is -2.54. The van der Waals surface area contributed by atoms with Gasteiger partial charge in [-0.1, -0.05) is 30.3 Å². The highest BCUT2D eigenvalue weighted by molar-refractivity contribution is 5.90. The average Bonchev–Trinajstić information content (AvgIpc) is 2.76. The third-order valence-electron chi connectivity index (χ3n) is 3.98. The Balaban J connectivity index is 2.38. The van der Waals surface area contributed by atoms with E-state index in [9.17, 15) is 14.4 Å². The van der Waals surface area contributed by atoms with Gasteiger partial charge in [0.25, 0.3) is 0 Å². The van der Waals surface area contributed by atoms with E-state index in [0.29, 0.717) is 11.3 Å². The summed E-state index contributed by atoms with van der Waals surface area (Å²) >= 11 is 0. The van der Waals surface area contributed by atoms with Crippen molar-refractivity contribution in [3.63, 3.8) is 0 Å². The minimum absolute atomic E-state index is 0.349. The zero-order valence-electron chi connectivity index (χ0n) is 14.6. The first-order valence-corrected chi connectivity index (χ1v) is 7.82. The lowest BCUT2D eigenvalue weighted by molar-refractivity contribution is -0.185. The number of hydrogen-bond acceptors (Lipinski definition) is 5. The first-order chi connectivity index (χ1) is 11.6. The number of urea groups is 1. The molecule has 0 bridgehead atoms. The van der Waals surface area contributed by atoms with Crippen LogP contribution in [-0.4, -0.2) is 58.1 Å². The molecule has 8 nitrogen and oxygen atoms in total. The zero-order valence-corrected chi connectivity index (χ0v) is 14.6. The lowest BCUT2D eigenvalue weighted by atomic mass is 10.0. The normalized spacial score (nSPS) is 21.7. The Morgan fingerprint density at radius 2 is 1.88 bits per heavy atom. The standard InChI is InChI=1S/C17H22N2O6/c1-11(20)24-14-13(10-12-8-6-5-7-9-12)19(17(2,3)25-14)15(21)18(4)16(22)23/h5-9,13-14H,10H2,1-4H3,(H,22,23). The molecule has 1 fully saturated rings. The summed E-state index contributed by atoms with van der Waals surface area (Å²) in [6.07, 6.45) is -2.02. The van der Waals surface area contributed by atoms with Crippen LogP contribution in [0.3, 0.4) is 0 Å². The number of hydrogen-bond donors (Lipinski definition) is 1. The van der Waals surface area contributed by atoms with E-state index in [1.54, 1.807) is 13.8 Å². The van der Waals surface area contributed by atoms with Gasteiger partial charge in [0, 0.05) is 14.0 Å². The summed E-state index contributed by atoms with van der Waals surface area (Å²) in [5.41, 5.74) is -0.234. The molecule has 1 aromatic carbocycles. The summed E-state index contributed by atoms with van der Waals surface area (Å²) in [5, 5.41) is 9.12. The number of imide groups is 1. The number of rotatable bonds is 3. The fraction of sp³-hybridized carbons (Fsp3) is 0.471. The molecule has 1 heterocycles. The highest BCUT2D eigenvalue weighted by atomic mass is 16.7. The lowest BCUT2D eigenvalue weighted by Gasteiger charge is -2.34. The predicted molar refractivity (Wildman–Crippen MR) is 87.7 cm³/mol. The quantitative estimate of drug-likeness (QED) is 0.840. The van der Waals surface area contributed by atoms with Crippen molar-refractivity contribution in [3.8, 4) is 0 Å². The Morgan fingerprint density at radius 1 is 1.28 bits per heavy atom. The molecule has 0 radical (unpaired) electrons. The van der Waals surface area contributed by atoms with Gasteiger partial charge in [-0.15, -0.1) is 0 Å². The summed E-state index contributed by atoms with van der Waals surface area (Å²) in [6.45, 7) is 4.51. The van der Waals surface area contributed by atoms with Crippen molar-refractivity contribution in [2.75, 3.05) is 7.05 Å². The van der Waals surface area contributed by atoms with E-state index in [2.05, 4.69) is 0 Å². The third-order valence-corrected chi connectivity index (χ3v) is 3.98. The number of carboxylic acid groups (broad SMARTS) is 1. The van der Waals surface area contributed by atoms with Crippen LogP contribution in [-0.2, 0) is 20.7 Å². The van der Waals surface area contributed by atoms with Gasteiger partial charge in [-0.3, -0.25) is 9.69 Å². The van der Waals surface area contributed by atoms with Gasteiger partial charge in [0.1, 0.15) is 11.8 Å². The maximum atomic E-state index is 12.7. The Morgan fingerprint density at radius 3 is 2.40 bits per heavy atom. The number of benzene rings is 1. The van der Waals surface area contributed by atoms with Gasteiger partial charge in [-0.25, -0.2) is 14.5 Å². The van der Waals surface area contributed by atoms with Gasteiger partial charge in [0.2, 0.25) is 6.29 Å². The minimum atomic E-state index is -1.38. The largest absolute Gasteiger partial charge is 0.465 e. The summed E-state index contributed by atoms with van der Waals surface area (Å²) in [7, 11) is 1.17. The molecule has 1 saturated heterocycles. The Kier molecular flexibility index (Phi) is 5.32. The van der Waals surface area contributed by atoms with Crippen LogP contribution in [0.4, 0.5) is 9.59 Å². The second-order valence-corrected chi connectivity index (χ2v) is 6.29. The Hall–Kier alpha value is -2.61. The van der Waals surface area contributed by atoms with Gasteiger partial charge in [0.15, 0.2) is 0 Å². The molecule has 0 saturated carbocycles. The Bertz CT molecular complexity index is 660. The van der Waals surface area contributed by atoms with Gasteiger partial charge in [-0.05, 0) is 25.8 Å². The van der Waals surface area contributed by atoms with Crippen LogP contribution in [0.1, 0.15) is 26.3 Å². The molecule has 2 rings (SSSR count). The van der Waals surface area contributed by atoms with E-state index in [1.165, 1.54) is 18.9 Å². The highest BCUT2D eigenvalue weighted by Crippen LogP contribution is 2.35. The van der Waals surface area contributed by atoms with Crippen LogP contribution in [0.15, 0.2) is 30.3 Å². The second kappa shape index (κ2) is 7.10. The van der Waals surface area contributed by atoms with E-state index in [0.717, 1.165) is 5.56 Å². The molecule has 0 spiro atoms. The van der Waals surface area contributed by atoms with Crippen molar-refractivity contribution in [2.24, 2.45) is 0 Å². The summed E-state index contributed by atoms with van der Waals surface area (Å²) in [4.78, 5) is 37.2. The molecule has 2 atom stereocenters. The van der Waals surface area contributed by atoms with Crippen LogP contribution in [0.5, 0.6) is 0 Å². The minimum Gasteiger partial charge on any atom is -0.465 e. The van der Waals surface area contributed by atoms with E-state index in [4.69, 9.17) is 14.6 Å². The topological polar surface area (TPSA) is 96.4 Å². The molecule has 1 N–H and O–H groups in total. The smallest absolute Gasteiger partial charge is 0.415 e. The summed E-state index contributed by atoms with van der Waals surface area (Å²) < 4.78 is 11.0. The van der Waals surface area contributed by atoms with Crippen LogP contribution >= 0.6 is 0 Å². The van der Waals surface area contributed by atoms with Crippen LogP contribution in [0.25, 0.3) is 0 Å². The number of carbonyl (C=O) groups excluding carboxylic acids is 2. The number of amides is 3. The molecule has 3 amide bonds. The molecule has 8 heteroatoms. The van der Waals surface area contributed by atoms with E-state index >= 15 is 0 Å². The molecular formula is C17H22N2O6. The number of nitrogens with zero attached hydrogens (tertiary/aromatic N) is 2. The zero-order chi connectivity index (χ0) is 18.8. The molecule has 0 aliphatic carbocycles. The first-order valence-electron chi connectivity index (χ1n) is 7.82. The third kappa shape index (κ3) is 4.08. The van der Waals surface area contributed by atoms with Gasteiger partial charge in [-0.2, -0.15) is 0 Å². The monoisotopic (exact) mass is 350 g/mol. The van der Waals surface area contributed by atoms with Gasteiger partial charge in [0.05, 0.1) is 0 Å². The van der Waals surface area contributed by atoms with Crippen LogP contribution in [0, 0.1) is 0 Å². The number of carbonyl (C=O) groups is 3. The summed E-state index contributed by atoms with van der Waals surface area (Å²) in [6, 6.07) is 7.92. The molecule has 25 heavy (non-hydrogen) atoms. The molecule has 1 aliphatic heterocycles.